The van der Waals surface area contributed by atoms with Crippen LogP contribution in [0.2, 0.25) is 0 Å². The van der Waals surface area contributed by atoms with Crippen LogP contribution in [0.5, 0.6) is 0 Å². The lowest BCUT2D eigenvalue weighted by Crippen LogP contribution is -2.25. The number of nitrogens with zero attached hydrogens (tertiary/aromatic N) is 2. The van der Waals surface area contributed by atoms with Crippen molar-refractivity contribution in [2.75, 3.05) is 31.0 Å². The maximum absolute atomic E-state index is 11.0. The normalized spacial score (nSPS) is 11.8. The molecule has 6 nitrogen and oxygen atoms in total. The van der Waals surface area contributed by atoms with Gasteiger partial charge < -0.3 is 10.3 Å². The highest BCUT2D eigenvalue weighted by molar-refractivity contribution is 7.90. The van der Waals surface area contributed by atoms with Crippen LogP contribution in [-0.2, 0) is 16.4 Å². The zero-order valence-corrected chi connectivity index (χ0v) is 10.9. The molecule has 0 aliphatic heterocycles. The number of aromatic nitrogens is 1. The molecule has 1 aromatic rings. The van der Waals surface area contributed by atoms with Crippen LogP contribution in [0.4, 0.5) is 5.82 Å². The molecule has 17 heavy (non-hydrogen) atoms. The number of nitrogens with one attached hydrogen (secondary N) is 1. The minimum atomic E-state index is -2.91. The average molecular weight is 258 g/mol. The second-order valence-corrected chi connectivity index (χ2v) is 6.32. The number of hydrogen-bond acceptors (Lipinski definition) is 6. The van der Waals surface area contributed by atoms with E-state index in [1.54, 1.807) is 6.20 Å². The second kappa shape index (κ2) is 5.95. The Hall–Kier alpha value is -1.18. The Morgan fingerprint density at radius 3 is 2.82 bits per heavy atom. The quantitative estimate of drug-likeness (QED) is 0.544. The van der Waals surface area contributed by atoms with Crippen molar-refractivity contribution in [3.05, 3.63) is 23.9 Å². The molecule has 0 saturated heterocycles. The third-order valence-electron chi connectivity index (χ3n) is 2.27. The Morgan fingerprint density at radius 2 is 2.24 bits per heavy atom. The highest BCUT2D eigenvalue weighted by atomic mass is 32.2. The zero-order valence-electron chi connectivity index (χ0n) is 10.0. The largest absolute Gasteiger partial charge is 0.308 e. The number of nitrogen functional groups attached to an aromatic ring is 1. The van der Waals surface area contributed by atoms with E-state index >= 15 is 0 Å². The summed E-state index contributed by atoms with van der Waals surface area (Å²) in [5.41, 5.74) is 3.50. The molecule has 0 atom stereocenters. The summed E-state index contributed by atoms with van der Waals surface area (Å²) in [5, 5.41) is 0. The van der Waals surface area contributed by atoms with E-state index in [0.717, 1.165) is 5.56 Å². The molecule has 0 fully saturated rings. The molecule has 96 valence electrons. The third-order valence-corrected chi connectivity index (χ3v) is 3.19. The second-order valence-electron chi connectivity index (χ2n) is 4.06. The Balaban J connectivity index is 2.52. The van der Waals surface area contributed by atoms with Gasteiger partial charge in [0.15, 0.2) is 0 Å². The van der Waals surface area contributed by atoms with Gasteiger partial charge in [-0.2, -0.15) is 0 Å². The van der Waals surface area contributed by atoms with Crippen molar-refractivity contribution in [3.8, 4) is 0 Å². The molecule has 1 aromatic heterocycles. The monoisotopic (exact) mass is 258 g/mol. The lowest BCUT2D eigenvalue weighted by Gasteiger charge is -2.16. The van der Waals surface area contributed by atoms with E-state index in [9.17, 15) is 8.42 Å². The number of hydrogen-bond donors (Lipinski definition) is 2. The van der Waals surface area contributed by atoms with Gasteiger partial charge in [0.2, 0.25) is 0 Å². The predicted molar refractivity (Wildman–Crippen MR) is 68.1 cm³/mol. The number of sulfone groups is 1. The predicted octanol–water partition coefficient (Wildman–Crippen LogP) is -0.156. The van der Waals surface area contributed by atoms with Gasteiger partial charge in [0.1, 0.15) is 15.7 Å². The van der Waals surface area contributed by atoms with Crippen LogP contribution in [0.25, 0.3) is 0 Å². The summed E-state index contributed by atoms with van der Waals surface area (Å²) in [5.74, 6) is 6.02. The van der Waals surface area contributed by atoms with Gasteiger partial charge >= 0.3 is 0 Å². The Morgan fingerprint density at radius 1 is 1.53 bits per heavy atom. The van der Waals surface area contributed by atoms with Crippen LogP contribution in [0.15, 0.2) is 18.3 Å². The van der Waals surface area contributed by atoms with E-state index in [-0.39, 0.29) is 5.75 Å². The Kier molecular flexibility index (Phi) is 4.86. The maximum atomic E-state index is 11.0. The molecule has 0 amide bonds. The van der Waals surface area contributed by atoms with E-state index in [0.29, 0.717) is 18.9 Å². The summed E-state index contributed by atoms with van der Waals surface area (Å²) >= 11 is 0. The highest BCUT2D eigenvalue weighted by Gasteiger charge is 2.06. The molecular weight excluding hydrogens is 240 g/mol. The van der Waals surface area contributed by atoms with Crippen molar-refractivity contribution in [3.63, 3.8) is 0 Å². The van der Waals surface area contributed by atoms with Crippen molar-refractivity contribution in [1.82, 2.24) is 9.88 Å². The van der Waals surface area contributed by atoms with E-state index in [1.807, 2.05) is 24.1 Å². The van der Waals surface area contributed by atoms with Crippen LogP contribution in [0, 0.1) is 0 Å². The molecule has 0 aliphatic carbocycles. The standard InChI is InChI=1S/C10H18N4O2S/c1-14(5-6-17(2,15)16)8-9-3-4-12-10(7-9)13-11/h3-4,7H,5-6,8,11H2,1-2H3,(H,12,13). The molecule has 7 heteroatoms. The lowest BCUT2D eigenvalue weighted by atomic mass is 10.2. The molecule has 0 saturated carbocycles. The van der Waals surface area contributed by atoms with Crippen molar-refractivity contribution >= 4 is 15.7 Å². The topological polar surface area (TPSA) is 88.3 Å². The SMILES string of the molecule is CN(CCS(C)(=O)=O)Cc1ccnc(NN)c1. The number of pyridine rings is 1. The molecule has 3 N–H and O–H groups in total. The van der Waals surface area contributed by atoms with Gasteiger partial charge in [0.05, 0.1) is 5.75 Å². The van der Waals surface area contributed by atoms with Crippen molar-refractivity contribution in [1.29, 1.82) is 0 Å². The lowest BCUT2D eigenvalue weighted by molar-refractivity contribution is 0.346. The summed E-state index contributed by atoms with van der Waals surface area (Å²) in [6.45, 7) is 1.17. The molecule has 0 radical (unpaired) electrons. The van der Waals surface area contributed by atoms with E-state index in [2.05, 4.69) is 10.4 Å². The maximum Gasteiger partial charge on any atom is 0.148 e. The molecular formula is C10H18N4O2S. The van der Waals surface area contributed by atoms with Gasteiger partial charge in [0, 0.05) is 25.5 Å². The van der Waals surface area contributed by atoms with Crippen LogP contribution in [-0.4, -0.2) is 43.9 Å². The fraction of sp³-hybridized carbons (Fsp3) is 0.500. The van der Waals surface area contributed by atoms with Gasteiger partial charge in [-0.15, -0.1) is 0 Å². The van der Waals surface area contributed by atoms with Crippen molar-refractivity contribution in [2.45, 2.75) is 6.54 Å². The molecule has 1 heterocycles. The summed E-state index contributed by atoms with van der Waals surface area (Å²) in [6.07, 6.45) is 2.90. The van der Waals surface area contributed by atoms with E-state index < -0.39 is 9.84 Å². The van der Waals surface area contributed by atoms with Gasteiger partial charge in [-0.1, -0.05) is 0 Å². The summed E-state index contributed by atoms with van der Waals surface area (Å²) in [4.78, 5) is 5.94. The van der Waals surface area contributed by atoms with Gasteiger partial charge in [-0.3, -0.25) is 0 Å². The minimum absolute atomic E-state index is 0.163. The summed E-state index contributed by atoms with van der Waals surface area (Å²) in [7, 11) is -1.03. The van der Waals surface area contributed by atoms with Crippen LogP contribution >= 0.6 is 0 Å². The first-order valence-electron chi connectivity index (χ1n) is 5.18. The Bertz CT molecular complexity index is 461. The molecule has 0 bridgehead atoms. The molecule has 0 spiro atoms. The number of anilines is 1. The number of rotatable bonds is 6. The first-order valence-corrected chi connectivity index (χ1v) is 7.24. The van der Waals surface area contributed by atoms with Crippen LogP contribution < -0.4 is 11.3 Å². The number of nitrogens with two attached hydrogens (primary N) is 1. The average Bonchev–Trinajstić information content (AvgIpc) is 2.26. The first kappa shape index (κ1) is 13.9. The van der Waals surface area contributed by atoms with Crippen molar-refractivity contribution < 1.29 is 8.42 Å². The smallest absolute Gasteiger partial charge is 0.148 e. The fourth-order valence-electron chi connectivity index (χ4n) is 1.36. The highest BCUT2D eigenvalue weighted by Crippen LogP contribution is 2.07. The number of hydrazine groups is 1. The fourth-order valence-corrected chi connectivity index (χ4v) is 2.01. The summed E-state index contributed by atoms with van der Waals surface area (Å²) < 4.78 is 22.1. The van der Waals surface area contributed by atoms with Gasteiger partial charge in [-0.05, 0) is 24.7 Å². The minimum Gasteiger partial charge on any atom is -0.308 e. The van der Waals surface area contributed by atoms with Crippen molar-refractivity contribution in [2.24, 2.45) is 5.84 Å². The Labute approximate surface area is 102 Å². The molecule has 0 aliphatic rings. The van der Waals surface area contributed by atoms with Gasteiger partial charge in [-0.25, -0.2) is 19.2 Å². The zero-order chi connectivity index (χ0) is 12.9. The summed E-state index contributed by atoms with van der Waals surface area (Å²) in [6, 6.07) is 3.70. The van der Waals surface area contributed by atoms with Gasteiger partial charge in [0.25, 0.3) is 0 Å². The molecule has 1 rings (SSSR count). The third kappa shape index (κ3) is 5.62. The van der Waals surface area contributed by atoms with Crippen LogP contribution in [0.1, 0.15) is 5.56 Å². The van der Waals surface area contributed by atoms with Crippen LogP contribution in [0.3, 0.4) is 0 Å². The molecule has 0 aromatic carbocycles. The van der Waals surface area contributed by atoms with E-state index in [4.69, 9.17) is 5.84 Å². The molecule has 0 unspecified atom stereocenters. The van der Waals surface area contributed by atoms with E-state index in [1.165, 1.54) is 6.26 Å². The first-order chi connectivity index (χ1) is 7.90.